The lowest BCUT2D eigenvalue weighted by molar-refractivity contribution is -0.123. The highest BCUT2D eigenvalue weighted by molar-refractivity contribution is 6.28. The lowest BCUT2D eigenvalue weighted by Crippen LogP contribution is -2.37. The van der Waals surface area contributed by atoms with E-state index in [0.717, 1.165) is 32.5 Å². The van der Waals surface area contributed by atoms with Crippen molar-refractivity contribution in [2.24, 2.45) is 11.8 Å². The van der Waals surface area contributed by atoms with E-state index in [1.54, 1.807) is 24.3 Å². The van der Waals surface area contributed by atoms with Gasteiger partial charge >= 0.3 is 0 Å². The summed E-state index contributed by atoms with van der Waals surface area (Å²) in [5.41, 5.74) is 2.04. The van der Waals surface area contributed by atoms with Crippen molar-refractivity contribution in [2.45, 2.75) is 39.0 Å². The molecule has 0 saturated carbocycles. The van der Waals surface area contributed by atoms with Crippen molar-refractivity contribution in [1.29, 1.82) is 0 Å². The summed E-state index contributed by atoms with van der Waals surface area (Å²) in [7, 11) is 0. The predicted octanol–water partition coefficient (Wildman–Crippen LogP) is 3.46. The zero-order valence-corrected chi connectivity index (χ0v) is 15.3. The van der Waals surface area contributed by atoms with Crippen LogP contribution in [-0.2, 0) is 4.79 Å². The Balaban J connectivity index is 1.62. The van der Waals surface area contributed by atoms with Crippen molar-refractivity contribution in [3.8, 4) is 0 Å². The Bertz CT molecular complexity index is 801. The van der Waals surface area contributed by atoms with Gasteiger partial charge < -0.3 is 4.90 Å². The number of fused-ring (bicyclic) bond motifs is 1. The second-order valence-electron chi connectivity index (χ2n) is 7.83. The first-order valence-corrected chi connectivity index (χ1v) is 9.74. The van der Waals surface area contributed by atoms with Crippen molar-refractivity contribution in [3.05, 3.63) is 46.5 Å². The van der Waals surface area contributed by atoms with Gasteiger partial charge in [-0.05, 0) is 51.2 Å². The molecule has 0 N–H and O–H groups in total. The summed E-state index contributed by atoms with van der Waals surface area (Å²) in [6.07, 6.45) is 4.39. The molecule has 4 heteroatoms. The van der Waals surface area contributed by atoms with Gasteiger partial charge in [-0.2, -0.15) is 0 Å². The summed E-state index contributed by atoms with van der Waals surface area (Å²) in [4.78, 5) is 41.0. The van der Waals surface area contributed by atoms with Gasteiger partial charge in [0.25, 0.3) is 0 Å². The first kappa shape index (κ1) is 17.3. The Morgan fingerprint density at radius 2 is 1.65 bits per heavy atom. The Kier molecular flexibility index (Phi) is 4.62. The van der Waals surface area contributed by atoms with Crippen LogP contribution in [0.25, 0.3) is 0 Å². The molecule has 1 aromatic rings. The van der Waals surface area contributed by atoms with Crippen LogP contribution in [0.4, 0.5) is 0 Å². The van der Waals surface area contributed by atoms with Gasteiger partial charge in [-0.15, -0.1) is 0 Å². The molecule has 4 rings (SSSR count). The molecular weight excluding hydrogens is 326 g/mol. The molecule has 1 fully saturated rings. The van der Waals surface area contributed by atoms with Crippen LogP contribution in [0, 0.1) is 11.8 Å². The van der Waals surface area contributed by atoms with Gasteiger partial charge in [0.2, 0.25) is 0 Å². The Labute approximate surface area is 154 Å². The van der Waals surface area contributed by atoms with E-state index in [9.17, 15) is 14.4 Å². The summed E-state index contributed by atoms with van der Waals surface area (Å²) >= 11 is 0. The quantitative estimate of drug-likeness (QED) is 0.833. The zero-order valence-electron chi connectivity index (χ0n) is 15.3. The van der Waals surface area contributed by atoms with E-state index < -0.39 is 0 Å². The summed E-state index contributed by atoms with van der Waals surface area (Å²) in [6.45, 7) is 5.24. The Hall–Kier alpha value is -2.07. The molecule has 2 aliphatic carbocycles. The van der Waals surface area contributed by atoms with Gasteiger partial charge in [0.05, 0.1) is 0 Å². The number of carbonyl (C=O) groups is 3. The summed E-state index contributed by atoms with van der Waals surface area (Å²) in [5.74, 6) is -0.385. The normalized spacial score (nSPS) is 26.3. The van der Waals surface area contributed by atoms with Crippen LogP contribution in [0.1, 0.15) is 59.7 Å². The minimum atomic E-state index is -0.186. The number of carbonyl (C=O) groups excluding carboxylic acids is 3. The fourth-order valence-corrected chi connectivity index (χ4v) is 4.76. The molecule has 0 aromatic heterocycles. The second-order valence-corrected chi connectivity index (χ2v) is 7.83. The maximum absolute atomic E-state index is 13.1. The van der Waals surface area contributed by atoms with E-state index in [2.05, 4.69) is 4.90 Å². The molecule has 1 saturated heterocycles. The van der Waals surface area contributed by atoms with Gasteiger partial charge in [-0.25, -0.2) is 0 Å². The van der Waals surface area contributed by atoms with Crippen LogP contribution in [0.2, 0.25) is 0 Å². The van der Waals surface area contributed by atoms with Crippen molar-refractivity contribution < 1.29 is 14.4 Å². The molecule has 0 radical (unpaired) electrons. The molecule has 136 valence electrons. The molecule has 2 atom stereocenters. The second kappa shape index (κ2) is 6.92. The molecule has 4 nitrogen and oxygen atoms in total. The topological polar surface area (TPSA) is 54.5 Å². The number of nitrogens with zero attached hydrogens (tertiary/aromatic N) is 1. The standard InChI is InChI=1S/C22H25NO3/c1-14-15(9-6-12-23-10-4-5-11-23)20-18(13-19(14)24)21(25)16-7-2-3-8-17(16)22(20)26/h2-3,7-8,14-15H,4-6,9-13H2,1H3. The number of rotatable bonds is 4. The number of ketones is 3. The van der Waals surface area contributed by atoms with Gasteiger partial charge in [-0.3, -0.25) is 14.4 Å². The highest BCUT2D eigenvalue weighted by Crippen LogP contribution is 2.41. The highest BCUT2D eigenvalue weighted by atomic mass is 16.1. The minimum absolute atomic E-state index is 0.0410. The monoisotopic (exact) mass is 351 g/mol. The summed E-state index contributed by atoms with van der Waals surface area (Å²) in [6, 6.07) is 7.01. The number of hydrogen-bond acceptors (Lipinski definition) is 4. The number of hydrogen-bond donors (Lipinski definition) is 0. The van der Waals surface area contributed by atoms with Crippen LogP contribution in [0.3, 0.4) is 0 Å². The molecule has 1 aliphatic heterocycles. The SMILES string of the molecule is CC1C(=O)CC2=C(C(=O)c3ccccc3C2=O)C1CCCN1CCCC1. The lowest BCUT2D eigenvalue weighted by atomic mass is 9.67. The van der Waals surface area contributed by atoms with E-state index >= 15 is 0 Å². The molecular formula is C22H25NO3. The average Bonchev–Trinajstić information content (AvgIpc) is 3.16. The highest BCUT2D eigenvalue weighted by Gasteiger charge is 2.43. The Morgan fingerprint density at radius 3 is 2.35 bits per heavy atom. The minimum Gasteiger partial charge on any atom is -0.303 e. The van der Waals surface area contributed by atoms with E-state index in [1.807, 2.05) is 6.92 Å². The molecule has 26 heavy (non-hydrogen) atoms. The fraction of sp³-hybridized carbons (Fsp3) is 0.500. The molecule has 0 bridgehead atoms. The predicted molar refractivity (Wildman–Crippen MR) is 99.3 cm³/mol. The van der Waals surface area contributed by atoms with Crippen molar-refractivity contribution in [1.82, 2.24) is 4.90 Å². The number of Topliss-reactive ketones (excluding diaryl/α,β-unsaturated/α-hetero) is 3. The maximum atomic E-state index is 13.1. The van der Waals surface area contributed by atoms with Crippen LogP contribution in [-0.4, -0.2) is 41.9 Å². The molecule has 0 amide bonds. The molecule has 1 heterocycles. The van der Waals surface area contributed by atoms with Gasteiger partial charge in [0.1, 0.15) is 5.78 Å². The third kappa shape index (κ3) is 2.86. The van der Waals surface area contributed by atoms with Crippen molar-refractivity contribution in [3.63, 3.8) is 0 Å². The number of likely N-dealkylation sites (tertiary alicyclic amines) is 1. The van der Waals surface area contributed by atoms with Gasteiger partial charge in [0, 0.05) is 34.6 Å². The van der Waals surface area contributed by atoms with Crippen LogP contribution in [0.5, 0.6) is 0 Å². The molecule has 0 spiro atoms. The van der Waals surface area contributed by atoms with E-state index in [1.165, 1.54) is 12.8 Å². The fourth-order valence-electron chi connectivity index (χ4n) is 4.76. The largest absolute Gasteiger partial charge is 0.303 e. The average molecular weight is 351 g/mol. The first-order valence-electron chi connectivity index (χ1n) is 9.74. The summed E-state index contributed by atoms with van der Waals surface area (Å²) in [5, 5.41) is 0. The van der Waals surface area contributed by atoms with Crippen LogP contribution >= 0.6 is 0 Å². The number of allylic oxidation sites excluding steroid dienone is 2. The van der Waals surface area contributed by atoms with E-state index in [4.69, 9.17) is 0 Å². The third-order valence-corrected chi connectivity index (χ3v) is 6.28. The maximum Gasteiger partial charge on any atom is 0.190 e. The molecule has 3 aliphatic rings. The van der Waals surface area contributed by atoms with Gasteiger partial charge in [0.15, 0.2) is 11.6 Å². The van der Waals surface area contributed by atoms with E-state index in [-0.39, 0.29) is 35.6 Å². The Morgan fingerprint density at radius 1 is 1.00 bits per heavy atom. The third-order valence-electron chi connectivity index (χ3n) is 6.28. The summed E-state index contributed by atoms with van der Waals surface area (Å²) < 4.78 is 0. The first-order chi connectivity index (χ1) is 12.6. The molecule has 2 unspecified atom stereocenters. The smallest absolute Gasteiger partial charge is 0.190 e. The zero-order chi connectivity index (χ0) is 18.3. The van der Waals surface area contributed by atoms with Crippen LogP contribution in [0.15, 0.2) is 35.4 Å². The number of benzene rings is 1. The van der Waals surface area contributed by atoms with Gasteiger partial charge in [-0.1, -0.05) is 31.2 Å². The lowest BCUT2D eigenvalue weighted by Gasteiger charge is -2.34. The van der Waals surface area contributed by atoms with E-state index in [0.29, 0.717) is 22.3 Å². The van der Waals surface area contributed by atoms with Crippen molar-refractivity contribution >= 4 is 17.3 Å². The molecule has 1 aromatic carbocycles. The van der Waals surface area contributed by atoms with Crippen molar-refractivity contribution in [2.75, 3.05) is 19.6 Å². The van der Waals surface area contributed by atoms with Crippen LogP contribution < -0.4 is 0 Å².